The fourth-order valence-electron chi connectivity index (χ4n) is 0.798. The Hall–Kier alpha value is 0.505. The maximum absolute atomic E-state index is 5.34. The number of hydrogen-bond acceptors (Lipinski definition) is 0. The molecule has 0 fully saturated rings. The van der Waals surface area contributed by atoms with Crippen LogP contribution in [0.3, 0.4) is 0 Å². The van der Waals surface area contributed by atoms with Crippen LogP contribution in [0, 0.1) is 6.58 Å². The maximum atomic E-state index is 5.34. The van der Waals surface area contributed by atoms with E-state index in [1.807, 2.05) is 24.3 Å². The fraction of sp³-hybridized carbons (Fsp3) is 0. The molecule has 0 saturated heterocycles. The molecule has 0 aliphatic carbocycles. The van der Waals surface area contributed by atoms with Crippen molar-refractivity contribution in [3.8, 4) is 0 Å². The average Bonchev–Trinajstić information content (AvgIpc) is 2.30. The summed E-state index contributed by atoms with van der Waals surface area (Å²) in [7, 11) is 0. The van der Waals surface area contributed by atoms with Gasteiger partial charge >= 0.3 is 108 Å². The van der Waals surface area contributed by atoms with Crippen LogP contribution in [0.2, 0.25) is 0 Å². The smallest absolute Gasteiger partial charge is 0 e. The molecule has 1 aromatic rings. The predicted molar refractivity (Wildman–Crippen MR) is 55.4 cm³/mol. The van der Waals surface area contributed by atoms with Crippen LogP contribution >= 0.6 is 0 Å². The summed E-state index contributed by atoms with van der Waals surface area (Å²) in [5.41, 5.74) is 1.21. The van der Waals surface area contributed by atoms with Crippen molar-refractivity contribution in [3.63, 3.8) is 0 Å². The SMILES string of the molecule is [CH-]=C[C](=[W])/C=C/c1ccccc1.[CH-]=[W].[W]. The summed E-state index contributed by atoms with van der Waals surface area (Å²) in [5.74, 6) is 0. The third-order valence-corrected chi connectivity index (χ3v) is 2.38. The minimum absolute atomic E-state index is 0. The Morgan fingerprint density at radius 3 is 2.13 bits per heavy atom. The van der Waals surface area contributed by atoms with E-state index in [0.717, 1.165) is 23.3 Å². The Morgan fingerprint density at radius 1 is 1.13 bits per heavy atom. The number of rotatable bonds is 3. The van der Waals surface area contributed by atoms with Crippen molar-refractivity contribution in [2.24, 2.45) is 0 Å². The zero-order valence-corrected chi connectivity index (χ0v) is 16.8. The molecule has 0 unspecified atom stereocenters. The van der Waals surface area contributed by atoms with Gasteiger partial charge in [0.05, 0.1) is 0 Å². The van der Waals surface area contributed by atoms with Gasteiger partial charge < -0.3 is 0 Å². The van der Waals surface area contributed by atoms with Crippen molar-refractivity contribution in [1.82, 2.24) is 0 Å². The van der Waals surface area contributed by atoms with E-state index in [4.69, 9.17) is 6.58 Å². The molecule has 0 aliphatic heterocycles. The first-order valence-electron chi connectivity index (χ1n) is 3.88. The Labute approximate surface area is 128 Å². The standard InChI is InChI=1S/C11H9.CH.3W/c1-2-3-5-8-11-9-6-4-7-10-11;;;;/h1-2,4-10H;1H;;;/q2*-1;;;/b8-5+;;;;. The van der Waals surface area contributed by atoms with E-state index < -0.39 is 0 Å². The van der Waals surface area contributed by atoms with Crippen molar-refractivity contribution >= 4 is 14.9 Å². The first-order chi connectivity index (χ1) is 6.83. The molecule has 1 aromatic carbocycles. The molecule has 0 spiro atoms. The second-order valence-electron chi connectivity index (χ2n) is 2.31. The third-order valence-electron chi connectivity index (χ3n) is 1.40. The molecule has 0 aromatic heterocycles. The second kappa shape index (κ2) is 12.6. The summed E-state index contributed by atoms with van der Waals surface area (Å²) in [4.78, 5) is 4.58. The minimum atomic E-state index is 0. The van der Waals surface area contributed by atoms with Gasteiger partial charge in [0.2, 0.25) is 0 Å². The van der Waals surface area contributed by atoms with Crippen molar-refractivity contribution in [3.05, 3.63) is 54.6 Å². The van der Waals surface area contributed by atoms with Crippen LogP contribution in [-0.4, -0.2) is 8.80 Å². The molecule has 3 heteroatoms. The third kappa shape index (κ3) is 9.43. The quantitative estimate of drug-likeness (QED) is 0.424. The summed E-state index contributed by atoms with van der Waals surface area (Å²) in [6.45, 7) is 5.34. The summed E-state index contributed by atoms with van der Waals surface area (Å²) < 4.78 is 1.15. The van der Waals surface area contributed by atoms with Crippen LogP contribution in [0.15, 0.2) is 42.5 Å². The van der Waals surface area contributed by atoms with Crippen LogP contribution in [-0.2, 0) is 59.8 Å². The van der Waals surface area contributed by atoms with Gasteiger partial charge in [0.15, 0.2) is 0 Å². The van der Waals surface area contributed by atoms with Gasteiger partial charge in [-0.3, -0.25) is 0 Å². The molecular weight excluding hydrogens is 696 g/mol. The number of allylic oxidation sites excluding steroid dienone is 2. The second-order valence-corrected chi connectivity index (χ2v) is 4.01. The van der Waals surface area contributed by atoms with Crippen LogP contribution < -0.4 is 0 Å². The summed E-state index contributed by atoms with van der Waals surface area (Å²) in [6, 6.07) is 10.2. The van der Waals surface area contributed by atoms with Gasteiger partial charge in [-0.15, -0.1) is 0 Å². The van der Waals surface area contributed by atoms with Gasteiger partial charge in [-0.2, -0.15) is 0 Å². The Kier molecular flexibility index (Phi) is 15.0. The topological polar surface area (TPSA) is 0 Å². The van der Waals surface area contributed by atoms with Crippen molar-refractivity contribution < 1.29 is 59.8 Å². The molecule has 0 radical (unpaired) electrons. The van der Waals surface area contributed by atoms with Crippen molar-refractivity contribution in [1.29, 1.82) is 0 Å². The number of hydrogen-bond donors (Lipinski definition) is 0. The minimum Gasteiger partial charge on any atom is 0 e. The molecule has 0 amide bonds. The molecule has 0 nitrogen and oxygen atoms in total. The predicted octanol–water partition coefficient (Wildman–Crippen LogP) is 2.25. The summed E-state index contributed by atoms with van der Waals surface area (Å²) in [5, 5.41) is 0. The zero-order chi connectivity index (χ0) is 10.8. The van der Waals surface area contributed by atoms with Gasteiger partial charge in [0.25, 0.3) is 0 Å². The average molecular weight is 706 g/mol. The molecule has 0 aliphatic rings. The summed E-state index contributed by atoms with van der Waals surface area (Å²) >= 11 is 2.47. The molecule has 15 heavy (non-hydrogen) atoms. The van der Waals surface area contributed by atoms with E-state index in [0.29, 0.717) is 0 Å². The van der Waals surface area contributed by atoms with Gasteiger partial charge in [-0.25, -0.2) is 0 Å². The van der Waals surface area contributed by atoms with Crippen LogP contribution in [0.1, 0.15) is 5.56 Å². The normalized spacial score (nSPS) is 8.27. The van der Waals surface area contributed by atoms with E-state index in [2.05, 4.69) is 23.1 Å². The summed E-state index contributed by atoms with van der Waals surface area (Å²) in [6.07, 6.45) is 5.73. The Bertz CT molecular complexity index is 315. The van der Waals surface area contributed by atoms with Crippen LogP contribution in [0.4, 0.5) is 0 Å². The molecule has 0 heterocycles. The largest absolute Gasteiger partial charge is 0 e. The monoisotopic (exact) mass is 706 g/mol. The van der Waals surface area contributed by atoms with E-state index in [9.17, 15) is 0 Å². The van der Waals surface area contributed by atoms with Crippen molar-refractivity contribution in [2.75, 3.05) is 0 Å². The zero-order valence-electron chi connectivity index (χ0n) is 8.00. The molecule has 0 atom stereocenters. The van der Waals surface area contributed by atoms with Crippen LogP contribution in [0.5, 0.6) is 0 Å². The molecule has 1 rings (SSSR count). The van der Waals surface area contributed by atoms with Crippen LogP contribution in [0.25, 0.3) is 6.08 Å². The first-order valence-corrected chi connectivity index (χ1v) is 7.04. The van der Waals surface area contributed by atoms with Crippen molar-refractivity contribution in [2.45, 2.75) is 0 Å². The van der Waals surface area contributed by atoms with E-state index in [1.54, 1.807) is 6.08 Å². The van der Waals surface area contributed by atoms with E-state index in [1.165, 1.54) is 24.9 Å². The van der Waals surface area contributed by atoms with E-state index >= 15 is 0 Å². The number of benzene rings is 1. The first kappa shape index (κ1) is 17.9. The molecular formula is C12H10W3-2. The molecule has 0 bridgehead atoms. The Morgan fingerprint density at radius 2 is 1.67 bits per heavy atom. The maximum Gasteiger partial charge on any atom is 0 e. The van der Waals surface area contributed by atoms with Gasteiger partial charge in [0, 0.05) is 21.1 Å². The molecule has 0 N–H and O–H groups in total. The Balaban J connectivity index is 0. The fourth-order valence-corrected chi connectivity index (χ4v) is 1.04. The molecule has 0 saturated carbocycles. The molecule has 78 valence electrons. The van der Waals surface area contributed by atoms with Gasteiger partial charge in [0.1, 0.15) is 0 Å². The van der Waals surface area contributed by atoms with Gasteiger partial charge in [-0.05, 0) is 0 Å². The van der Waals surface area contributed by atoms with Gasteiger partial charge in [-0.1, -0.05) is 0 Å². The van der Waals surface area contributed by atoms with E-state index in [-0.39, 0.29) is 21.1 Å².